The Kier molecular flexibility index (Phi) is 2.37. The molecule has 0 saturated heterocycles. The number of amides is 2. The number of para-hydroxylation sites is 1. The fourth-order valence-corrected chi connectivity index (χ4v) is 1.69. The third-order valence-electron chi connectivity index (χ3n) is 2.38. The summed E-state index contributed by atoms with van der Waals surface area (Å²) >= 11 is 0. The van der Waals surface area contributed by atoms with Gasteiger partial charge in [0.05, 0.1) is 0 Å². The Morgan fingerprint density at radius 3 is 3.00 bits per heavy atom. The zero-order valence-corrected chi connectivity index (χ0v) is 7.86. The number of rotatable bonds is 0. The van der Waals surface area contributed by atoms with E-state index in [9.17, 15) is 4.79 Å². The highest BCUT2D eigenvalue weighted by molar-refractivity contribution is 5.91. The van der Waals surface area contributed by atoms with E-state index in [4.69, 9.17) is 5.73 Å². The summed E-state index contributed by atoms with van der Waals surface area (Å²) in [6.45, 7) is 2.20. The SMILES string of the molecule is NC(=O)N1CCNCc2ccccc21. The van der Waals surface area contributed by atoms with E-state index in [0.717, 1.165) is 24.3 Å². The van der Waals surface area contributed by atoms with Gasteiger partial charge in [-0.3, -0.25) is 4.90 Å². The van der Waals surface area contributed by atoms with E-state index in [1.165, 1.54) is 0 Å². The molecule has 2 rings (SSSR count). The molecule has 0 fully saturated rings. The number of primary amides is 1. The fourth-order valence-electron chi connectivity index (χ4n) is 1.69. The van der Waals surface area contributed by atoms with Crippen molar-refractivity contribution in [1.82, 2.24) is 5.32 Å². The van der Waals surface area contributed by atoms with E-state index >= 15 is 0 Å². The van der Waals surface area contributed by atoms with Gasteiger partial charge < -0.3 is 11.1 Å². The fraction of sp³-hybridized carbons (Fsp3) is 0.300. The van der Waals surface area contributed by atoms with Gasteiger partial charge in [0.25, 0.3) is 0 Å². The van der Waals surface area contributed by atoms with Gasteiger partial charge in [0.15, 0.2) is 0 Å². The van der Waals surface area contributed by atoms with Crippen LogP contribution in [0.4, 0.5) is 10.5 Å². The van der Waals surface area contributed by atoms with Crippen LogP contribution in [-0.2, 0) is 6.54 Å². The van der Waals surface area contributed by atoms with Gasteiger partial charge >= 0.3 is 6.03 Å². The van der Waals surface area contributed by atoms with E-state index in [1.54, 1.807) is 4.90 Å². The van der Waals surface area contributed by atoms with E-state index in [0.29, 0.717) is 6.54 Å². The van der Waals surface area contributed by atoms with Crippen LogP contribution in [0.25, 0.3) is 0 Å². The number of carbonyl (C=O) groups excluding carboxylic acids is 1. The molecule has 74 valence electrons. The first kappa shape index (κ1) is 9.02. The van der Waals surface area contributed by atoms with Gasteiger partial charge in [-0.15, -0.1) is 0 Å². The first-order valence-electron chi connectivity index (χ1n) is 4.64. The highest BCUT2D eigenvalue weighted by atomic mass is 16.2. The zero-order valence-electron chi connectivity index (χ0n) is 7.86. The third-order valence-corrected chi connectivity index (χ3v) is 2.38. The first-order valence-corrected chi connectivity index (χ1v) is 4.64. The summed E-state index contributed by atoms with van der Waals surface area (Å²) in [4.78, 5) is 12.8. The van der Waals surface area contributed by atoms with Crippen LogP contribution in [0.15, 0.2) is 24.3 Å². The molecule has 0 atom stereocenters. The molecule has 0 unspecified atom stereocenters. The molecule has 1 aromatic carbocycles. The monoisotopic (exact) mass is 191 g/mol. The summed E-state index contributed by atoms with van der Waals surface area (Å²) < 4.78 is 0. The molecule has 1 aliphatic heterocycles. The number of nitrogens with one attached hydrogen (secondary N) is 1. The quantitative estimate of drug-likeness (QED) is 0.633. The van der Waals surface area contributed by atoms with Gasteiger partial charge in [-0.1, -0.05) is 18.2 Å². The van der Waals surface area contributed by atoms with Crippen LogP contribution in [-0.4, -0.2) is 19.1 Å². The van der Waals surface area contributed by atoms with Gasteiger partial charge in [0, 0.05) is 25.3 Å². The molecule has 1 aliphatic rings. The van der Waals surface area contributed by atoms with Crippen molar-refractivity contribution in [3.63, 3.8) is 0 Å². The van der Waals surface area contributed by atoms with E-state index in [2.05, 4.69) is 5.32 Å². The molecule has 4 heteroatoms. The van der Waals surface area contributed by atoms with Crippen molar-refractivity contribution in [2.24, 2.45) is 5.73 Å². The highest BCUT2D eigenvalue weighted by Crippen LogP contribution is 2.21. The van der Waals surface area contributed by atoms with Crippen LogP contribution < -0.4 is 16.0 Å². The molecule has 1 aromatic rings. The number of fused-ring (bicyclic) bond motifs is 1. The molecule has 3 N–H and O–H groups in total. The molecule has 0 aromatic heterocycles. The number of urea groups is 1. The molecule has 1 heterocycles. The average Bonchev–Trinajstić information content (AvgIpc) is 2.39. The van der Waals surface area contributed by atoms with E-state index in [1.807, 2.05) is 24.3 Å². The second-order valence-electron chi connectivity index (χ2n) is 3.30. The number of benzene rings is 1. The number of hydrogen-bond acceptors (Lipinski definition) is 2. The van der Waals surface area contributed by atoms with Crippen LogP contribution in [0.5, 0.6) is 0 Å². The molecule has 0 aliphatic carbocycles. The van der Waals surface area contributed by atoms with Crippen molar-refractivity contribution in [2.45, 2.75) is 6.54 Å². The Morgan fingerprint density at radius 2 is 2.21 bits per heavy atom. The van der Waals surface area contributed by atoms with Gasteiger partial charge in [-0.2, -0.15) is 0 Å². The number of nitrogens with zero attached hydrogens (tertiary/aromatic N) is 1. The number of carbonyl (C=O) groups is 1. The zero-order chi connectivity index (χ0) is 9.97. The maximum atomic E-state index is 11.2. The lowest BCUT2D eigenvalue weighted by Gasteiger charge is -2.19. The minimum atomic E-state index is -0.388. The summed E-state index contributed by atoms with van der Waals surface area (Å²) in [6.07, 6.45) is 0. The van der Waals surface area contributed by atoms with Gasteiger partial charge in [-0.05, 0) is 11.6 Å². The predicted molar refractivity (Wildman–Crippen MR) is 55.1 cm³/mol. The van der Waals surface area contributed by atoms with Crippen LogP contribution in [0.3, 0.4) is 0 Å². The molecular formula is C10H13N3O. The predicted octanol–water partition coefficient (Wildman–Crippen LogP) is 0.675. The Hall–Kier alpha value is -1.55. The van der Waals surface area contributed by atoms with E-state index in [-0.39, 0.29) is 6.03 Å². The minimum Gasteiger partial charge on any atom is -0.351 e. The molecule has 2 amide bonds. The molecule has 0 saturated carbocycles. The summed E-state index contributed by atoms with van der Waals surface area (Å²) in [5, 5.41) is 3.24. The van der Waals surface area contributed by atoms with Gasteiger partial charge in [0.2, 0.25) is 0 Å². The van der Waals surface area contributed by atoms with Gasteiger partial charge in [0.1, 0.15) is 0 Å². The highest BCUT2D eigenvalue weighted by Gasteiger charge is 2.17. The van der Waals surface area contributed by atoms with Crippen molar-refractivity contribution < 1.29 is 4.79 Å². The summed E-state index contributed by atoms with van der Waals surface area (Å²) in [5.41, 5.74) is 7.35. The Labute approximate surface area is 82.7 Å². The van der Waals surface area contributed by atoms with E-state index < -0.39 is 0 Å². The largest absolute Gasteiger partial charge is 0.351 e. The summed E-state index contributed by atoms with van der Waals surface area (Å²) in [5.74, 6) is 0. The van der Waals surface area contributed by atoms with Crippen LogP contribution in [0.2, 0.25) is 0 Å². The summed E-state index contributed by atoms with van der Waals surface area (Å²) in [6, 6.07) is 7.42. The van der Waals surface area contributed by atoms with Crippen molar-refractivity contribution >= 4 is 11.7 Å². The lowest BCUT2D eigenvalue weighted by atomic mass is 10.1. The standard InChI is InChI=1S/C10H13N3O/c11-10(14)13-6-5-12-7-8-3-1-2-4-9(8)13/h1-4,12H,5-7H2,(H2,11,14). The molecule has 0 spiro atoms. The molecule has 0 radical (unpaired) electrons. The molecule has 14 heavy (non-hydrogen) atoms. The number of nitrogens with two attached hydrogens (primary N) is 1. The second-order valence-corrected chi connectivity index (χ2v) is 3.30. The minimum absolute atomic E-state index is 0.388. The van der Waals surface area contributed by atoms with Crippen molar-refractivity contribution in [3.8, 4) is 0 Å². The summed E-state index contributed by atoms with van der Waals surface area (Å²) in [7, 11) is 0. The maximum absolute atomic E-state index is 11.2. The second kappa shape index (κ2) is 3.67. The Balaban J connectivity index is 2.42. The first-order chi connectivity index (χ1) is 6.79. The number of hydrogen-bond donors (Lipinski definition) is 2. The normalized spacial score (nSPS) is 15.9. The topological polar surface area (TPSA) is 58.4 Å². The number of anilines is 1. The average molecular weight is 191 g/mol. The Morgan fingerprint density at radius 1 is 1.43 bits per heavy atom. The molecule has 4 nitrogen and oxygen atoms in total. The maximum Gasteiger partial charge on any atom is 0.319 e. The lowest BCUT2D eigenvalue weighted by molar-refractivity contribution is 0.254. The Bertz CT molecular complexity index is 351. The van der Waals surface area contributed by atoms with Crippen LogP contribution >= 0.6 is 0 Å². The van der Waals surface area contributed by atoms with Crippen molar-refractivity contribution in [1.29, 1.82) is 0 Å². The van der Waals surface area contributed by atoms with Crippen LogP contribution in [0, 0.1) is 0 Å². The van der Waals surface area contributed by atoms with Crippen molar-refractivity contribution in [2.75, 3.05) is 18.0 Å². The lowest BCUT2D eigenvalue weighted by Crippen LogP contribution is -2.38. The molecular weight excluding hydrogens is 178 g/mol. The third kappa shape index (κ3) is 1.56. The van der Waals surface area contributed by atoms with Gasteiger partial charge in [-0.25, -0.2) is 4.79 Å². The molecule has 0 bridgehead atoms. The van der Waals surface area contributed by atoms with Crippen LogP contribution in [0.1, 0.15) is 5.56 Å². The van der Waals surface area contributed by atoms with Crippen molar-refractivity contribution in [3.05, 3.63) is 29.8 Å². The smallest absolute Gasteiger partial charge is 0.319 e.